The van der Waals surface area contributed by atoms with Gasteiger partial charge in [0.15, 0.2) is 0 Å². The molecule has 0 aliphatic carbocycles. The van der Waals surface area contributed by atoms with Crippen molar-refractivity contribution in [1.29, 1.82) is 0 Å². The predicted octanol–water partition coefficient (Wildman–Crippen LogP) is 3.11. The summed E-state index contributed by atoms with van der Waals surface area (Å²) in [6, 6.07) is 5.61. The second-order valence-electron chi connectivity index (χ2n) is 8.71. The van der Waals surface area contributed by atoms with Crippen molar-refractivity contribution in [2.75, 3.05) is 5.75 Å². The quantitative estimate of drug-likeness (QED) is 0.340. The SMILES string of the molecule is C#CN(C(=O)C(CS)NC(=O)OC(C)(C)C)C(C(=O)NC(C)C)c1cc(C)cc(C)c1. The fourth-order valence-corrected chi connectivity index (χ4v) is 3.26. The number of aryl methyl sites for hydroxylation is 2. The molecule has 170 valence electrons. The zero-order valence-corrected chi connectivity index (χ0v) is 20.2. The zero-order chi connectivity index (χ0) is 23.9. The molecule has 2 N–H and O–H groups in total. The van der Waals surface area contributed by atoms with Crippen molar-refractivity contribution in [3.63, 3.8) is 0 Å². The molecule has 0 radical (unpaired) electrons. The Morgan fingerprint density at radius 1 is 1.13 bits per heavy atom. The molecule has 1 rings (SSSR count). The first-order chi connectivity index (χ1) is 14.3. The minimum absolute atomic E-state index is 0.0262. The van der Waals surface area contributed by atoms with E-state index in [4.69, 9.17) is 11.2 Å². The van der Waals surface area contributed by atoms with Crippen LogP contribution < -0.4 is 10.6 Å². The number of nitrogens with zero attached hydrogens (tertiary/aromatic N) is 1. The zero-order valence-electron chi connectivity index (χ0n) is 19.3. The number of ether oxygens (including phenoxy) is 1. The Bertz CT molecular complexity index is 835. The molecule has 3 amide bonds. The number of thiol groups is 1. The monoisotopic (exact) mass is 447 g/mol. The topological polar surface area (TPSA) is 87.7 Å². The maximum atomic E-state index is 13.3. The van der Waals surface area contributed by atoms with E-state index in [1.54, 1.807) is 20.8 Å². The van der Waals surface area contributed by atoms with E-state index in [0.717, 1.165) is 16.0 Å². The summed E-state index contributed by atoms with van der Waals surface area (Å²) in [4.78, 5) is 39.5. The lowest BCUT2D eigenvalue weighted by Gasteiger charge is -2.30. The minimum Gasteiger partial charge on any atom is -0.444 e. The van der Waals surface area contributed by atoms with Gasteiger partial charge in [0.25, 0.3) is 5.91 Å². The molecule has 0 bridgehead atoms. The molecule has 0 aliphatic heterocycles. The standard InChI is InChI=1S/C23H33N3O4S/c1-9-26(21(28)18(13-31)25-22(29)30-23(6,7)8)19(20(27)24-14(2)3)17-11-15(4)10-16(5)12-17/h1,10-12,14,18-19,31H,13H2,2-8H3,(H,24,27)(H,25,29). The molecule has 0 aromatic heterocycles. The van der Waals surface area contributed by atoms with Gasteiger partial charge in [0.05, 0.1) is 0 Å². The van der Waals surface area contributed by atoms with E-state index in [1.807, 2.05) is 45.9 Å². The number of benzene rings is 1. The van der Waals surface area contributed by atoms with E-state index >= 15 is 0 Å². The highest BCUT2D eigenvalue weighted by atomic mass is 32.1. The molecule has 7 nitrogen and oxygen atoms in total. The summed E-state index contributed by atoms with van der Waals surface area (Å²) in [5.74, 6) is -1.07. The number of nitrogens with one attached hydrogen (secondary N) is 2. The van der Waals surface area contributed by atoms with Gasteiger partial charge in [-0.25, -0.2) is 4.79 Å². The van der Waals surface area contributed by atoms with Gasteiger partial charge in [-0.3, -0.25) is 14.5 Å². The summed E-state index contributed by atoms with van der Waals surface area (Å²) < 4.78 is 5.22. The van der Waals surface area contributed by atoms with Crippen LogP contribution in [0.25, 0.3) is 0 Å². The fourth-order valence-electron chi connectivity index (χ4n) is 3.02. The van der Waals surface area contributed by atoms with Crippen LogP contribution in [0.1, 0.15) is 57.4 Å². The maximum absolute atomic E-state index is 13.3. The van der Waals surface area contributed by atoms with Crippen LogP contribution in [0.5, 0.6) is 0 Å². The number of hydrogen-bond acceptors (Lipinski definition) is 5. The van der Waals surface area contributed by atoms with Gasteiger partial charge in [-0.15, -0.1) is 0 Å². The van der Waals surface area contributed by atoms with Gasteiger partial charge in [0.2, 0.25) is 5.91 Å². The molecule has 1 aromatic carbocycles. The average Bonchev–Trinajstić information content (AvgIpc) is 2.60. The lowest BCUT2D eigenvalue weighted by Crippen LogP contribution is -2.52. The van der Waals surface area contributed by atoms with Crippen molar-refractivity contribution in [1.82, 2.24) is 15.5 Å². The molecule has 0 saturated carbocycles. The van der Waals surface area contributed by atoms with E-state index in [2.05, 4.69) is 29.3 Å². The van der Waals surface area contributed by atoms with Crippen molar-refractivity contribution in [2.24, 2.45) is 0 Å². The molecule has 0 heterocycles. The number of carbonyl (C=O) groups is 3. The molecule has 2 unspecified atom stereocenters. The first kappa shape index (κ1) is 26.4. The van der Waals surface area contributed by atoms with Crippen molar-refractivity contribution in [3.05, 3.63) is 34.9 Å². The summed E-state index contributed by atoms with van der Waals surface area (Å²) in [7, 11) is 0. The van der Waals surface area contributed by atoms with E-state index < -0.39 is 35.6 Å². The Hall–Kier alpha value is -2.66. The number of terminal acetylenes is 1. The van der Waals surface area contributed by atoms with Gasteiger partial charge in [0.1, 0.15) is 17.7 Å². The normalized spacial score (nSPS) is 13.0. The van der Waals surface area contributed by atoms with Gasteiger partial charge in [-0.05, 0) is 54.0 Å². The smallest absolute Gasteiger partial charge is 0.408 e. The Morgan fingerprint density at radius 2 is 1.68 bits per heavy atom. The molecule has 2 atom stereocenters. The number of carbonyl (C=O) groups excluding carboxylic acids is 3. The highest BCUT2D eigenvalue weighted by Crippen LogP contribution is 2.24. The van der Waals surface area contributed by atoms with Crippen molar-refractivity contribution >= 4 is 30.5 Å². The number of rotatable bonds is 7. The Labute approximate surface area is 190 Å². The van der Waals surface area contributed by atoms with Crippen LogP contribution in [-0.2, 0) is 14.3 Å². The lowest BCUT2D eigenvalue weighted by atomic mass is 9.98. The Kier molecular flexibility index (Phi) is 9.44. The Morgan fingerprint density at radius 3 is 2.10 bits per heavy atom. The van der Waals surface area contributed by atoms with Crippen LogP contribution in [0.3, 0.4) is 0 Å². The minimum atomic E-state index is -1.07. The van der Waals surface area contributed by atoms with E-state index in [1.165, 1.54) is 0 Å². The number of alkyl carbamates (subject to hydrolysis) is 1. The second kappa shape index (κ2) is 11.1. The van der Waals surface area contributed by atoms with Crippen molar-refractivity contribution in [3.8, 4) is 12.5 Å². The summed E-state index contributed by atoms with van der Waals surface area (Å²) in [5, 5.41) is 5.31. The highest BCUT2D eigenvalue weighted by Gasteiger charge is 2.35. The third-order valence-corrected chi connectivity index (χ3v) is 4.41. The van der Waals surface area contributed by atoms with Gasteiger partial charge >= 0.3 is 6.09 Å². The molecule has 0 saturated heterocycles. The molecule has 0 fully saturated rings. The fraction of sp³-hybridized carbons (Fsp3) is 0.522. The summed E-state index contributed by atoms with van der Waals surface area (Å²) >= 11 is 4.18. The van der Waals surface area contributed by atoms with Gasteiger partial charge in [-0.1, -0.05) is 35.7 Å². The molecular weight excluding hydrogens is 414 g/mol. The third kappa shape index (κ3) is 8.18. The first-order valence-corrected chi connectivity index (χ1v) is 10.7. The third-order valence-electron chi connectivity index (χ3n) is 4.05. The number of amides is 3. The molecule has 31 heavy (non-hydrogen) atoms. The van der Waals surface area contributed by atoms with Crippen molar-refractivity contribution < 1.29 is 19.1 Å². The second-order valence-corrected chi connectivity index (χ2v) is 9.07. The number of hydrogen-bond donors (Lipinski definition) is 3. The molecule has 0 spiro atoms. The molecular formula is C23H33N3O4S. The van der Waals surface area contributed by atoms with Crippen LogP contribution in [0.15, 0.2) is 18.2 Å². The first-order valence-electron chi connectivity index (χ1n) is 10.1. The van der Waals surface area contributed by atoms with Gasteiger partial charge < -0.3 is 15.4 Å². The largest absolute Gasteiger partial charge is 0.444 e. The van der Waals surface area contributed by atoms with Crippen molar-refractivity contribution in [2.45, 2.75) is 72.2 Å². The summed E-state index contributed by atoms with van der Waals surface area (Å²) in [6.07, 6.45) is 4.92. The molecule has 8 heteroatoms. The van der Waals surface area contributed by atoms with Crippen LogP contribution in [-0.4, -0.2) is 46.2 Å². The molecule has 1 aromatic rings. The van der Waals surface area contributed by atoms with Crippen LogP contribution in [0, 0.1) is 26.3 Å². The van der Waals surface area contributed by atoms with Crippen LogP contribution >= 0.6 is 12.6 Å². The van der Waals surface area contributed by atoms with Gasteiger partial charge in [-0.2, -0.15) is 12.6 Å². The summed E-state index contributed by atoms with van der Waals surface area (Å²) in [5.41, 5.74) is 1.70. The summed E-state index contributed by atoms with van der Waals surface area (Å²) in [6.45, 7) is 12.6. The maximum Gasteiger partial charge on any atom is 0.408 e. The van der Waals surface area contributed by atoms with Gasteiger partial charge in [0, 0.05) is 17.8 Å². The highest BCUT2D eigenvalue weighted by molar-refractivity contribution is 7.80. The lowest BCUT2D eigenvalue weighted by molar-refractivity contribution is -0.138. The van der Waals surface area contributed by atoms with Crippen LogP contribution in [0.2, 0.25) is 0 Å². The van der Waals surface area contributed by atoms with Crippen LogP contribution in [0.4, 0.5) is 4.79 Å². The predicted molar refractivity (Wildman–Crippen MR) is 125 cm³/mol. The van der Waals surface area contributed by atoms with E-state index in [-0.39, 0.29) is 11.8 Å². The Balaban J connectivity index is 3.32. The molecule has 0 aliphatic rings. The van der Waals surface area contributed by atoms with E-state index in [0.29, 0.717) is 5.56 Å². The van der Waals surface area contributed by atoms with E-state index in [9.17, 15) is 14.4 Å². The average molecular weight is 448 g/mol.